The zero-order valence-electron chi connectivity index (χ0n) is 15.9. The average Bonchev–Trinajstić information content (AvgIpc) is 3.20. The fraction of sp³-hybridized carbons (Fsp3) is 0.333. The first-order chi connectivity index (χ1) is 14.2. The molecule has 8 heteroatoms. The van der Waals surface area contributed by atoms with Gasteiger partial charge < -0.3 is 14.5 Å². The molecule has 1 spiro atoms. The molecule has 4 heterocycles. The minimum absolute atomic E-state index is 0.0230. The van der Waals surface area contributed by atoms with Crippen LogP contribution < -0.4 is 4.90 Å². The van der Waals surface area contributed by atoms with Gasteiger partial charge in [0.1, 0.15) is 17.8 Å². The monoisotopic (exact) mass is 391 g/mol. The third kappa shape index (κ3) is 3.15. The molecule has 1 atom stereocenters. The first kappa shape index (κ1) is 17.8. The van der Waals surface area contributed by atoms with Crippen molar-refractivity contribution in [3.8, 4) is 0 Å². The quantitative estimate of drug-likeness (QED) is 0.665. The number of carbonyl (C=O) groups excluding carboxylic acids is 2. The van der Waals surface area contributed by atoms with Crippen molar-refractivity contribution < 1.29 is 14.3 Å². The molecule has 0 radical (unpaired) electrons. The number of nitrogens with zero attached hydrogens (tertiary/aromatic N) is 5. The predicted octanol–water partition coefficient (Wildman–Crippen LogP) is 1.77. The Morgan fingerprint density at radius 3 is 2.86 bits per heavy atom. The molecule has 2 saturated heterocycles. The van der Waals surface area contributed by atoms with E-state index in [0.29, 0.717) is 30.8 Å². The summed E-state index contributed by atoms with van der Waals surface area (Å²) in [6.07, 6.45) is 6.60. The number of amides is 2. The topological polar surface area (TPSA) is 80.0 Å². The molecule has 2 aliphatic heterocycles. The molecule has 2 aromatic heterocycles. The fourth-order valence-corrected chi connectivity index (χ4v) is 4.22. The van der Waals surface area contributed by atoms with E-state index in [4.69, 9.17) is 4.74 Å². The summed E-state index contributed by atoms with van der Waals surface area (Å²) in [4.78, 5) is 33.5. The molecule has 3 aromatic rings. The lowest BCUT2D eigenvalue weighted by Crippen LogP contribution is -2.62. The number of morpholine rings is 1. The van der Waals surface area contributed by atoms with Crippen LogP contribution in [-0.2, 0) is 9.53 Å². The van der Waals surface area contributed by atoms with E-state index in [2.05, 4.69) is 10.1 Å². The van der Waals surface area contributed by atoms with Gasteiger partial charge in [-0.3, -0.25) is 9.59 Å². The van der Waals surface area contributed by atoms with Crippen molar-refractivity contribution in [3.05, 3.63) is 60.6 Å². The number of para-hydroxylation sites is 1. The van der Waals surface area contributed by atoms with Crippen LogP contribution in [0.1, 0.15) is 23.2 Å². The molecule has 1 aromatic carbocycles. The van der Waals surface area contributed by atoms with Crippen molar-refractivity contribution in [2.45, 2.75) is 18.4 Å². The number of hydrogen-bond donors (Lipinski definition) is 0. The summed E-state index contributed by atoms with van der Waals surface area (Å²) in [6, 6.07) is 11.4. The van der Waals surface area contributed by atoms with Gasteiger partial charge in [0.05, 0.1) is 19.3 Å². The van der Waals surface area contributed by atoms with E-state index in [1.807, 2.05) is 30.3 Å². The van der Waals surface area contributed by atoms with E-state index >= 15 is 0 Å². The smallest absolute Gasteiger partial charge is 0.259 e. The minimum Gasteiger partial charge on any atom is -0.361 e. The van der Waals surface area contributed by atoms with Crippen LogP contribution in [0.5, 0.6) is 0 Å². The second kappa shape index (κ2) is 6.97. The summed E-state index contributed by atoms with van der Waals surface area (Å²) in [6.45, 7) is 1.54. The van der Waals surface area contributed by atoms with Gasteiger partial charge in [-0.05, 0) is 31.0 Å². The molecule has 0 aliphatic carbocycles. The minimum atomic E-state index is -0.561. The second-order valence-electron chi connectivity index (χ2n) is 7.56. The molecule has 2 aliphatic rings. The van der Waals surface area contributed by atoms with E-state index in [1.54, 1.807) is 39.0 Å². The van der Waals surface area contributed by atoms with Crippen LogP contribution in [0.4, 0.5) is 5.69 Å². The van der Waals surface area contributed by atoms with Gasteiger partial charge in [0, 0.05) is 24.6 Å². The number of carbonyl (C=O) groups is 2. The van der Waals surface area contributed by atoms with Gasteiger partial charge in [-0.15, -0.1) is 0 Å². The number of piperidine rings is 1. The Labute approximate surface area is 167 Å². The Bertz CT molecular complexity index is 1070. The van der Waals surface area contributed by atoms with Crippen molar-refractivity contribution >= 4 is 23.1 Å². The first-order valence-electron chi connectivity index (χ1n) is 9.72. The Hall–Kier alpha value is -3.26. The third-order valence-corrected chi connectivity index (χ3v) is 5.65. The van der Waals surface area contributed by atoms with Crippen molar-refractivity contribution in [2.24, 2.45) is 0 Å². The molecule has 2 amide bonds. The van der Waals surface area contributed by atoms with Crippen LogP contribution >= 0.6 is 0 Å². The number of rotatable bonds is 2. The van der Waals surface area contributed by atoms with Crippen molar-refractivity contribution in [3.63, 3.8) is 0 Å². The Kier molecular flexibility index (Phi) is 4.28. The predicted molar refractivity (Wildman–Crippen MR) is 106 cm³/mol. The number of aromatic nitrogens is 3. The average molecular weight is 391 g/mol. The summed E-state index contributed by atoms with van der Waals surface area (Å²) in [5.74, 6) is -0.165. The highest BCUT2D eigenvalue weighted by molar-refractivity contribution is 6.00. The normalized spacial score (nSPS) is 22.4. The summed E-state index contributed by atoms with van der Waals surface area (Å²) < 4.78 is 7.63. The zero-order valence-corrected chi connectivity index (χ0v) is 15.9. The number of benzene rings is 1. The van der Waals surface area contributed by atoms with Gasteiger partial charge >= 0.3 is 0 Å². The zero-order chi connectivity index (χ0) is 19.8. The van der Waals surface area contributed by atoms with Gasteiger partial charge in [0.2, 0.25) is 0 Å². The molecule has 0 bridgehead atoms. The van der Waals surface area contributed by atoms with Crippen LogP contribution in [0, 0.1) is 0 Å². The van der Waals surface area contributed by atoms with Gasteiger partial charge in [0.25, 0.3) is 11.8 Å². The molecule has 29 heavy (non-hydrogen) atoms. The van der Waals surface area contributed by atoms with Crippen molar-refractivity contribution in [1.29, 1.82) is 0 Å². The summed E-state index contributed by atoms with van der Waals surface area (Å²) in [5, 5.41) is 4.22. The van der Waals surface area contributed by atoms with Crippen molar-refractivity contribution in [2.75, 3.05) is 31.1 Å². The fourth-order valence-electron chi connectivity index (χ4n) is 4.22. The number of anilines is 1. The van der Waals surface area contributed by atoms with E-state index < -0.39 is 5.60 Å². The highest BCUT2D eigenvalue weighted by Crippen LogP contribution is 2.32. The molecule has 0 saturated carbocycles. The molecule has 5 rings (SSSR count). The van der Waals surface area contributed by atoms with Gasteiger partial charge in [-0.2, -0.15) is 5.10 Å². The molecular formula is C21H21N5O3. The third-order valence-electron chi connectivity index (χ3n) is 5.65. The van der Waals surface area contributed by atoms with Crippen molar-refractivity contribution in [1.82, 2.24) is 19.5 Å². The summed E-state index contributed by atoms with van der Waals surface area (Å²) in [7, 11) is 0. The SMILES string of the molecule is O=C(c1cnn2cccnc12)N1CCCC2(C1)CN(c1ccccc1)C(=O)CO2. The first-order valence-corrected chi connectivity index (χ1v) is 9.72. The Morgan fingerprint density at radius 2 is 2.00 bits per heavy atom. The van der Waals surface area contributed by atoms with Crippen LogP contribution in [0.2, 0.25) is 0 Å². The van der Waals surface area contributed by atoms with E-state index in [0.717, 1.165) is 18.5 Å². The maximum atomic E-state index is 13.2. The molecule has 8 nitrogen and oxygen atoms in total. The molecule has 148 valence electrons. The molecular weight excluding hydrogens is 370 g/mol. The van der Waals surface area contributed by atoms with Crippen LogP contribution in [0.3, 0.4) is 0 Å². The Morgan fingerprint density at radius 1 is 1.14 bits per heavy atom. The van der Waals surface area contributed by atoms with E-state index in [-0.39, 0.29) is 18.4 Å². The lowest BCUT2D eigenvalue weighted by atomic mass is 9.90. The summed E-state index contributed by atoms with van der Waals surface area (Å²) in [5.41, 5.74) is 1.32. The maximum absolute atomic E-state index is 13.2. The highest BCUT2D eigenvalue weighted by Gasteiger charge is 2.44. The summed E-state index contributed by atoms with van der Waals surface area (Å²) >= 11 is 0. The Balaban J connectivity index is 1.40. The molecule has 2 fully saturated rings. The van der Waals surface area contributed by atoms with E-state index in [9.17, 15) is 9.59 Å². The van der Waals surface area contributed by atoms with Crippen LogP contribution in [0.15, 0.2) is 55.0 Å². The van der Waals surface area contributed by atoms with E-state index in [1.165, 1.54) is 0 Å². The van der Waals surface area contributed by atoms with Gasteiger partial charge in [0.15, 0.2) is 5.65 Å². The number of fused-ring (bicyclic) bond motifs is 1. The van der Waals surface area contributed by atoms with Crippen LogP contribution in [-0.4, -0.2) is 63.2 Å². The maximum Gasteiger partial charge on any atom is 0.259 e. The number of ether oxygens (including phenoxy) is 1. The molecule has 1 unspecified atom stereocenters. The van der Waals surface area contributed by atoms with Gasteiger partial charge in [-0.1, -0.05) is 18.2 Å². The standard InChI is InChI=1S/C21H21N5O3/c27-18-13-29-21(15-25(18)16-6-2-1-3-7-16)8-4-10-24(14-21)20(28)17-12-23-26-11-5-9-22-19(17)26/h1-3,5-7,9,11-12H,4,8,10,13-15H2. The lowest BCUT2D eigenvalue weighted by molar-refractivity contribution is -0.144. The second-order valence-corrected chi connectivity index (χ2v) is 7.56. The number of likely N-dealkylation sites (tertiary alicyclic amines) is 1. The van der Waals surface area contributed by atoms with Crippen LogP contribution in [0.25, 0.3) is 5.65 Å². The highest BCUT2D eigenvalue weighted by atomic mass is 16.5. The van der Waals surface area contributed by atoms with Gasteiger partial charge in [-0.25, -0.2) is 9.50 Å². The largest absolute Gasteiger partial charge is 0.361 e. The lowest BCUT2D eigenvalue weighted by Gasteiger charge is -2.47. The molecule has 0 N–H and O–H groups in total. The number of hydrogen-bond acceptors (Lipinski definition) is 5.